The second-order valence-corrected chi connectivity index (χ2v) is 4.07. The second-order valence-electron chi connectivity index (χ2n) is 2.97. The molecule has 0 radical (unpaired) electrons. The lowest BCUT2D eigenvalue weighted by Crippen LogP contribution is -2.05. The van der Waals surface area contributed by atoms with Gasteiger partial charge >= 0.3 is 5.97 Å². The van der Waals surface area contributed by atoms with E-state index in [9.17, 15) is 4.79 Å². The molecule has 1 aromatic rings. The van der Waals surface area contributed by atoms with E-state index < -0.39 is 12.6 Å². The number of hydrogen-bond donors (Lipinski definition) is 1. The number of anilines is 1. The topological polar surface area (TPSA) is 62.1 Å². The molecule has 0 aliphatic rings. The van der Waals surface area contributed by atoms with Gasteiger partial charge in [0.25, 0.3) is 0 Å². The van der Waals surface area contributed by atoms with Crippen molar-refractivity contribution >= 4 is 28.5 Å². The standard InChI is InChI=1S/C9H12N2O3S/c1-11(2)8-4-3-7(15-8)5-10-14-6-9(12)13/h3-5H,6H2,1-2H3,(H,12,13). The Balaban J connectivity index is 2.46. The van der Waals surface area contributed by atoms with Gasteiger partial charge in [0.1, 0.15) is 0 Å². The van der Waals surface area contributed by atoms with Gasteiger partial charge in [-0.25, -0.2) is 4.79 Å². The average molecular weight is 228 g/mol. The van der Waals surface area contributed by atoms with Crippen LogP contribution < -0.4 is 4.90 Å². The van der Waals surface area contributed by atoms with E-state index >= 15 is 0 Å². The van der Waals surface area contributed by atoms with E-state index in [4.69, 9.17) is 5.11 Å². The number of rotatable bonds is 5. The molecule has 0 aliphatic carbocycles. The summed E-state index contributed by atoms with van der Waals surface area (Å²) >= 11 is 1.55. The van der Waals surface area contributed by atoms with Gasteiger partial charge in [-0.05, 0) is 12.1 Å². The highest BCUT2D eigenvalue weighted by molar-refractivity contribution is 7.17. The van der Waals surface area contributed by atoms with Crippen molar-refractivity contribution in [3.8, 4) is 0 Å². The van der Waals surface area contributed by atoms with Crippen molar-refractivity contribution < 1.29 is 14.7 Å². The van der Waals surface area contributed by atoms with E-state index in [0.29, 0.717) is 0 Å². The Kier molecular flexibility index (Phi) is 4.11. The molecule has 0 aromatic carbocycles. The quantitative estimate of drug-likeness (QED) is 0.608. The Morgan fingerprint density at radius 3 is 2.93 bits per heavy atom. The van der Waals surface area contributed by atoms with Gasteiger partial charge in [-0.2, -0.15) is 0 Å². The molecule has 1 rings (SSSR count). The first-order valence-corrected chi connectivity index (χ1v) is 5.05. The Bertz CT molecular complexity index is 360. The van der Waals surface area contributed by atoms with Crippen LogP contribution in [-0.2, 0) is 9.63 Å². The van der Waals surface area contributed by atoms with Crippen molar-refractivity contribution in [3.05, 3.63) is 17.0 Å². The van der Waals surface area contributed by atoms with Gasteiger partial charge in [0.05, 0.1) is 16.1 Å². The van der Waals surface area contributed by atoms with Crippen molar-refractivity contribution in [3.63, 3.8) is 0 Å². The van der Waals surface area contributed by atoms with Crippen LogP contribution in [0.4, 0.5) is 5.00 Å². The van der Waals surface area contributed by atoms with E-state index in [0.717, 1.165) is 9.88 Å². The molecule has 6 heteroatoms. The number of nitrogens with zero attached hydrogens (tertiary/aromatic N) is 2. The predicted molar refractivity (Wildman–Crippen MR) is 59.8 cm³/mol. The molecule has 0 unspecified atom stereocenters. The molecule has 1 heterocycles. The molecular weight excluding hydrogens is 216 g/mol. The largest absolute Gasteiger partial charge is 0.479 e. The third-order valence-corrected chi connectivity index (χ3v) is 2.68. The number of aliphatic carboxylic acids is 1. The maximum absolute atomic E-state index is 10.1. The minimum atomic E-state index is -1.03. The summed E-state index contributed by atoms with van der Waals surface area (Å²) in [5.74, 6) is -1.03. The molecule has 0 saturated heterocycles. The highest BCUT2D eigenvalue weighted by Crippen LogP contribution is 2.22. The van der Waals surface area contributed by atoms with Crippen LogP contribution in [0.3, 0.4) is 0 Å². The van der Waals surface area contributed by atoms with Gasteiger partial charge in [-0.1, -0.05) is 5.16 Å². The van der Waals surface area contributed by atoms with Crippen LogP contribution in [-0.4, -0.2) is 38.0 Å². The summed E-state index contributed by atoms with van der Waals surface area (Å²) in [5.41, 5.74) is 0. The molecule has 15 heavy (non-hydrogen) atoms. The average Bonchev–Trinajstić information content (AvgIpc) is 2.60. The van der Waals surface area contributed by atoms with E-state index in [1.807, 2.05) is 31.1 Å². The molecule has 1 N–H and O–H groups in total. The first-order valence-electron chi connectivity index (χ1n) is 4.24. The van der Waals surface area contributed by atoms with E-state index in [1.54, 1.807) is 11.3 Å². The molecule has 5 nitrogen and oxygen atoms in total. The maximum Gasteiger partial charge on any atom is 0.344 e. The summed E-state index contributed by atoms with van der Waals surface area (Å²) < 4.78 is 0. The van der Waals surface area contributed by atoms with E-state index in [-0.39, 0.29) is 0 Å². The summed E-state index contributed by atoms with van der Waals surface area (Å²) in [6.45, 7) is -0.414. The summed E-state index contributed by atoms with van der Waals surface area (Å²) in [6, 6.07) is 3.86. The zero-order valence-corrected chi connectivity index (χ0v) is 9.32. The van der Waals surface area contributed by atoms with Gasteiger partial charge < -0.3 is 14.8 Å². The van der Waals surface area contributed by atoms with Crippen LogP contribution in [0.15, 0.2) is 17.3 Å². The lowest BCUT2D eigenvalue weighted by molar-refractivity contribution is -0.142. The second kappa shape index (κ2) is 5.35. The van der Waals surface area contributed by atoms with Crippen molar-refractivity contribution in [1.82, 2.24) is 0 Å². The van der Waals surface area contributed by atoms with Crippen LogP contribution in [0.5, 0.6) is 0 Å². The van der Waals surface area contributed by atoms with Crippen molar-refractivity contribution in [2.24, 2.45) is 5.16 Å². The minimum absolute atomic E-state index is 0.414. The Morgan fingerprint density at radius 2 is 2.40 bits per heavy atom. The Morgan fingerprint density at radius 1 is 1.67 bits per heavy atom. The fourth-order valence-electron chi connectivity index (χ4n) is 0.834. The molecule has 0 fully saturated rings. The third-order valence-electron chi connectivity index (χ3n) is 1.50. The molecule has 0 bridgehead atoms. The first-order chi connectivity index (χ1) is 7.09. The highest BCUT2D eigenvalue weighted by Gasteiger charge is 1.99. The van der Waals surface area contributed by atoms with Crippen LogP contribution in [0.25, 0.3) is 0 Å². The predicted octanol–water partition coefficient (Wildman–Crippen LogP) is 1.25. The summed E-state index contributed by atoms with van der Waals surface area (Å²) in [7, 11) is 3.90. The minimum Gasteiger partial charge on any atom is -0.479 e. The van der Waals surface area contributed by atoms with Crippen molar-refractivity contribution in [1.29, 1.82) is 0 Å². The smallest absolute Gasteiger partial charge is 0.344 e. The van der Waals surface area contributed by atoms with Gasteiger partial charge in [0.2, 0.25) is 6.61 Å². The van der Waals surface area contributed by atoms with E-state index in [2.05, 4.69) is 9.99 Å². The molecule has 0 aliphatic heterocycles. The third kappa shape index (κ3) is 3.99. The lowest BCUT2D eigenvalue weighted by atomic mass is 10.5. The van der Waals surface area contributed by atoms with Crippen molar-refractivity contribution in [2.75, 3.05) is 25.6 Å². The Labute approximate surface area is 91.6 Å². The number of carbonyl (C=O) groups is 1. The number of carboxylic acids is 1. The fraction of sp³-hybridized carbons (Fsp3) is 0.333. The van der Waals surface area contributed by atoms with E-state index in [1.165, 1.54) is 6.21 Å². The zero-order chi connectivity index (χ0) is 11.3. The SMILES string of the molecule is CN(C)c1ccc(C=NOCC(=O)O)s1. The number of carboxylic acid groups (broad SMARTS) is 1. The number of oxime groups is 1. The fourth-order valence-corrected chi connectivity index (χ4v) is 1.63. The van der Waals surface area contributed by atoms with Gasteiger partial charge in [0, 0.05) is 14.1 Å². The van der Waals surface area contributed by atoms with Crippen LogP contribution in [0.1, 0.15) is 4.88 Å². The van der Waals surface area contributed by atoms with Gasteiger partial charge in [-0.3, -0.25) is 0 Å². The molecular formula is C9H12N2O3S. The van der Waals surface area contributed by atoms with Gasteiger partial charge in [-0.15, -0.1) is 11.3 Å². The summed E-state index contributed by atoms with van der Waals surface area (Å²) in [5, 5.41) is 12.9. The van der Waals surface area contributed by atoms with Crippen LogP contribution in [0, 0.1) is 0 Å². The highest BCUT2D eigenvalue weighted by atomic mass is 32.1. The Hall–Kier alpha value is -1.56. The maximum atomic E-state index is 10.1. The molecule has 0 atom stereocenters. The zero-order valence-electron chi connectivity index (χ0n) is 8.51. The van der Waals surface area contributed by atoms with Crippen LogP contribution >= 0.6 is 11.3 Å². The molecule has 0 spiro atoms. The summed E-state index contributed by atoms with van der Waals surface area (Å²) in [6.07, 6.45) is 1.50. The molecule has 0 saturated carbocycles. The first kappa shape index (κ1) is 11.5. The monoisotopic (exact) mass is 228 g/mol. The molecule has 0 amide bonds. The number of hydrogen-bond acceptors (Lipinski definition) is 5. The van der Waals surface area contributed by atoms with Crippen molar-refractivity contribution in [2.45, 2.75) is 0 Å². The van der Waals surface area contributed by atoms with Crippen LogP contribution in [0.2, 0.25) is 0 Å². The number of thiophene rings is 1. The molecule has 1 aromatic heterocycles. The molecule has 82 valence electrons. The summed E-state index contributed by atoms with van der Waals surface area (Å²) in [4.78, 5) is 17.5. The lowest BCUT2D eigenvalue weighted by Gasteiger charge is -2.06. The normalized spacial score (nSPS) is 10.5. The van der Waals surface area contributed by atoms with Gasteiger partial charge in [0.15, 0.2) is 0 Å².